The Morgan fingerprint density at radius 3 is 2.25 bits per heavy atom. The van der Waals surface area contributed by atoms with Crippen molar-refractivity contribution in [2.75, 3.05) is 5.32 Å². The molecule has 1 N–H and O–H groups in total. The summed E-state index contributed by atoms with van der Waals surface area (Å²) >= 11 is 0. The highest BCUT2D eigenvalue weighted by atomic mass is 19.4. The van der Waals surface area contributed by atoms with Crippen LogP contribution in [0.4, 0.5) is 18.9 Å². The van der Waals surface area contributed by atoms with Gasteiger partial charge >= 0.3 is 6.18 Å². The first-order valence-corrected chi connectivity index (χ1v) is 7.02. The van der Waals surface area contributed by atoms with E-state index < -0.39 is 12.6 Å². The van der Waals surface area contributed by atoms with E-state index in [1.165, 1.54) is 5.56 Å². The number of alkyl halides is 3. The topological polar surface area (TPSA) is 12.0 Å². The van der Waals surface area contributed by atoms with Gasteiger partial charge in [0, 0.05) is 18.2 Å². The highest BCUT2D eigenvalue weighted by molar-refractivity contribution is 5.54. The molecule has 0 aliphatic carbocycles. The van der Waals surface area contributed by atoms with Gasteiger partial charge in [0.25, 0.3) is 0 Å². The number of hydrogen-bond acceptors (Lipinski definition) is 1. The number of halogens is 3. The number of para-hydroxylation sites is 1. The van der Waals surface area contributed by atoms with Crippen LogP contribution in [0.1, 0.15) is 52.5 Å². The molecule has 0 amide bonds. The zero-order chi connectivity index (χ0) is 15.4. The first-order chi connectivity index (χ1) is 9.09. The van der Waals surface area contributed by atoms with Crippen LogP contribution in [0, 0.1) is 0 Å². The maximum Gasteiger partial charge on any atom is 0.389 e. The molecule has 0 bridgehead atoms. The largest absolute Gasteiger partial charge is 0.389 e. The Hall–Kier alpha value is -1.19. The number of nitrogens with one attached hydrogen (secondary N) is 1. The fraction of sp³-hybridized carbons (Fsp3) is 0.625. The molecule has 114 valence electrons. The Bertz CT molecular complexity index is 418. The third-order valence-corrected chi connectivity index (χ3v) is 3.23. The molecule has 0 heterocycles. The lowest BCUT2D eigenvalue weighted by Crippen LogP contribution is -2.21. The van der Waals surface area contributed by atoms with E-state index in [2.05, 4.69) is 32.2 Å². The second kappa shape index (κ2) is 6.51. The molecule has 0 saturated carbocycles. The molecule has 20 heavy (non-hydrogen) atoms. The summed E-state index contributed by atoms with van der Waals surface area (Å²) in [5.41, 5.74) is 2.21. The summed E-state index contributed by atoms with van der Waals surface area (Å²) in [4.78, 5) is 0. The van der Waals surface area contributed by atoms with Crippen molar-refractivity contribution in [3.05, 3.63) is 29.8 Å². The smallest absolute Gasteiger partial charge is 0.382 e. The van der Waals surface area contributed by atoms with E-state index in [0.717, 1.165) is 5.69 Å². The minimum absolute atomic E-state index is 0.00921. The highest BCUT2D eigenvalue weighted by Gasteiger charge is 2.26. The Balaban J connectivity index is 2.60. The second-order valence-corrected chi connectivity index (χ2v) is 6.35. The van der Waals surface area contributed by atoms with Crippen molar-refractivity contribution in [1.29, 1.82) is 0 Å². The van der Waals surface area contributed by atoms with E-state index in [1.54, 1.807) is 0 Å². The van der Waals surface area contributed by atoms with Crippen LogP contribution in [0.2, 0.25) is 0 Å². The van der Waals surface area contributed by atoms with Gasteiger partial charge in [0.2, 0.25) is 0 Å². The lowest BCUT2D eigenvalue weighted by Gasteiger charge is -2.25. The SMILES string of the molecule is CC(CCCC(F)(F)F)Nc1ccccc1C(C)(C)C. The van der Waals surface area contributed by atoms with Gasteiger partial charge in [-0.15, -0.1) is 0 Å². The molecule has 1 aromatic carbocycles. The van der Waals surface area contributed by atoms with E-state index in [0.29, 0.717) is 6.42 Å². The van der Waals surface area contributed by atoms with Crippen molar-refractivity contribution in [2.45, 2.75) is 64.6 Å². The Kier molecular flexibility index (Phi) is 5.49. The van der Waals surface area contributed by atoms with E-state index in [9.17, 15) is 13.2 Å². The molecule has 1 rings (SSSR count). The van der Waals surface area contributed by atoms with Crippen molar-refractivity contribution < 1.29 is 13.2 Å². The average molecular weight is 287 g/mol. The van der Waals surface area contributed by atoms with Gasteiger partial charge in [0.15, 0.2) is 0 Å². The summed E-state index contributed by atoms with van der Waals surface area (Å²) in [5, 5.41) is 3.34. The van der Waals surface area contributed by atoms with Crippen LogP contribution in [-0.2, 0) is 5.41 Å². The third kappa shape index (κ3) is 5.85. The zero-order valence-electron chi connectivity index (χ0n) is 12.6. The maximum absolute atomic E-state index is 12.1. The number of benzene rings is 1. The van der Waals surface area contributed by atoms with Gasteiger partial charge in [0.05, 0.1) is 0 Å². The van der Waals surface area contributed by atoms with Crippen LogP contribution in [0.5, 0.6) is 0 Å². The molecule has 1 aromatic rings. The number of anilines is 1. The van der Waals surface area contributed by atoms with Crippen LogP contribution in [-0.4, -0.2) is 12.2 Å². The minimum atomic E-state index is -4.05. The second-order valence-electron chi connectivity index (χ2n) is 6.35. The van der Waals surface area contributed by atoms with E-state index in [4.69, 9.17) is 0 Å². The molecule has 4 heteroatoms. The van der Waals surface area contributed by atoms with Crippen molar-refractivity contribution in [3.63, 3.8) is 0 Å². The van der Waals surface area contributed by atoms with Gasteiger partial charge in [-0.05, 0) is 36.8 Å². The molecule has 0 aliphatic rings. The van der Waals surface area contributed by atoms with Crippen molar-refractivity contribution in [1.82, 2.24) is 0 Å². The molecule has 1 atom stereocenters. The first-order valence-electron chi connectivity index (χ1n) is 7.02. The Morgan fingerprint density at radius 2 is 1.70 bits per heavy atom. The standard InChI is InChI=1S/C16H24F3N/c1-12(8-7-11-16(17,18)19)20-14-10-6-5-9-13(14)15(2,3)4/h5-6,9-10,12,20H,7-8,11H2,1-4H3. The molecular formula is C16H24F3N. The number of hydrogen-bond donors (Lipinski definition) is 1. The lowest BCUT2D eigenvalue weighted by molar-refractivity contribution is -0.135. The van der Waals surface area contributed by atoms with Crippen molar-refractivity contribution in [2.24, 2.45) is 0 Å². The summed E-state index contributed by atoms with van der Waals surface area (Å²) in [7, 11) is 0. The summed E-state index contributed by atoms with van der Waals surface area (Å²) in [6.45, 7) is 8.31. The predicted molar refractivity (Wildman–Crippen MR) is 78.1 cm³/mol. The molecule has 1 nitrogen and oxygen atoms in total. The fourth-order valence-electron chi connectivity index (χ4n) is 2.21. The van der Waals surface area contributed by atoms with Crippen LogP contribution in [0.15, 0.2) is 24.3 Å². The highest BCUT2D eigenvalue weighted by Crippen LogP contribution is 2.30. The Labute approximate surface area is 119 Å². The summed E-state index contributed by atoms with van der Waals surface area (Å²) in [6.07, 6.45) is -4.09. The van der Waals surface area contributed by atoms with Crippen LogP contribution in [0.3, 0.4) is 0 Å². The summed E-state index contributed by atoms with van der Waals surface area (Å²) in [5.74, 6) is 0. The predicted octanol–water partition coefficient (Wildman–Crippen LogP) is 5.52. The zero-order valence-corrected chi connectivity index (χ0v) is 12.6. The molecule has 0 saturated heterocycles. The van der Waals surface area contributed by atoms with Crippen molar-refractivity contribution in [3.8, 4) is 0 Å². The number of rotatable bonds is 5. The maximum atomic E-state index is 12.1. The van der Waals surface area contributed by atoms with Gasteiger partial charge in [-0.3, -0.25) is 0 Å². The lowest BCUT2D eigenvalue weighted by atomic mass is 9.85. The normalized spacial score (nSPS) is 14.2. The van der Waals surface area contributed by atoms with Gasteiger partial charge in [0.1, 0.15) is 0 Å². The van der Waals surface area contributed by atoms with Gasteiger partial charge in [-0.1, -0.05) is 39.0 Å². The van der Waals surface area contributed by atoms with Crippen LogP contribution >= 0.6 is 0 Å². The fourth-order valence-corrected chi connectivity index (χ4v) is 2.21. The van der Waals surface area contributed by atoms with E-state index in [-0.39, 0.29) is 17.9 Å². The third-order valence-electron chi connectivity index (χ3n) is 3.23. The molecule has 0 radical (unpaired) electrons. The van der Waals surface area contributed by atoms with E-state index in [1.807, 2.05) is 25.1 Å². The molecule has 0 aliphatic heterocycles. The van der Waals surface area contributed by atoms with Gasteiger partial charge in [-0.2, -0.15) is 13.2 Å². The molecule has 0 aromatic heterocycles. The van der Waals surface area contributed by atoms with Crippen LogP contribution in [0.25, 0.3) is 0 Å². The van der Waals surface area contributed by atoms with Gasteiger partial charge in [-0.25, -0.2) is 0 Å². The monoisotopic (exact) mass is 287 g/mol. The summed E-state index contributed by atoms with van der Waals surface area (Å²) < 4.78 is 36.4. The molecular weight excluding hydrogens is 263 g/mol. The quantitative estimate of drug-likeness (QED) is 0.752. The van der Waals surface area contributed by atoms with Gasteiger partial charge < -0.3 is 5.32 Å². The minimum Gasteiger partial charge on any atom is -0.382 e. The van der Waals surface area contributed by atoms with E-state index >= 15 is 0 Å². The Morgan fingerprint density at radius 1 is 1.10 bits per heavy atom. The average Bonchev–Trinajstić information content (AvgIpc) is 2.26. The molecule has 0 spiro atoms. The molecule has 0 fully saturated rings. The van der Waals surface area contributed by atoms with Crippen molar-refractivity contribution >= 4 is 5.69 Å². The molecule has 1 unspecified atom stereocenters. The van der Waals surface area contributed by atoms with Crippen LogP contribution < -0.4 is 5.32 Å². The first kappa shape index (κ1) is 16.9. The summed E-state index contributed by atoms with van der Waals surface area (Å²) in [6, 6.07) is 8.01.